The molecule has 19 heavy (non-hydrogen) atoms. The number of aryl methyl sites for hydroxylation is 1. The van der Waals surface area contributed by atoms with E-state index >= 15 is 0 Å². The molecule has 1 aromatic rings. The molecule has 0 aliphatic heterocycles. The molecule has 3 nitrogen and oxygen atoms in total. The maximum Gasteiger partial charge on any atom is 0.238 e. The van der Waals surface area contributed by atoms with Crippen molar-refractivity contribution in [1.29, 1.82) is 0 Å². The molecule has 1 amide bonds. The van der Waals surface area contributed by atoms with Crippen molar-refractivity contribution in [1.82, 2.24) is 5.32 Å². The Morgan fingerprint density at radius 1 is 1.32 bits per heavy atom. The van der Waals surface area contributed by atoms with E-state index in [4.69, 9.17) is 0 Å². The van der Waals surface area contributed by atoms with Crippen LogP contribution in [0.5, 0.6) is 0 Å². The Labute approximate surface area is 116 Å². The van der Waals surface area contributed by atoms with Crippen LogP contribution in [0.3, 0.4) is 0 Å². The summed E-state index contributed by atoms with van der Waals surface area (Å²) >= 11 is 0. The second-order valence-corrected chi connectivity index (χ2v) is 6.16. The second-order valence-electron chi connectivity index (χ2n) is 6.16. The van der Waals surface area contributed by atoms with Gasteiger partial charge < -0.3 is 10.6 Å². The number of amides is 1. The third-order valence-electron chi connectivity index (χ3n) is 3.73. The highest BCUT2D eigenvalue weighted by Gasteiger charge is 2.21. The number of nitrogens with one attached hydrogen (secondary N) is 2. The minimum Gasteiger partial charge on any atom is -0.325 e. The van der Waals surface area contributed by atoms with Crippen LogP contribution >= 0.6 is 0 Å². The van der Waals surface area contributed by atoms with Crippen LogP contribution in [0.1, 0.15) is 33.3 Å². The molecule has 1 aromatic carbocycles. The Bertz CT molecular complexity index is 425. The fraction of sp³-hybridized carbons (Fsp3) is 0.562. The molecular weight excluding hydrogens is 236 g/mol. The first-order chi connectivity index (χ1) is 8.81. The molecule has 0 radical (unpaired) electrons. The third kappa shape index (κ3) is 5.43. The molecule has 0 aliphatic carbocycles. The number of rotatable bonds is 6. The maximum atomic E-state index is 11.8. The average Bonchev–Trinajstić information content (AvgIpc) is 2.28. The van der Waals surface area contributed by atoms with Gasteiger partial charge in [-0.3, -0.25) is 4.79 Å². The zero-order valence-electron chi connectivity index (χ0n) is 12.7. The first-order valence-electron chi connectivity index (χ1n) is 6.88. The smallest absolute Gasteiger partial charge is 0.238 e. The summed E-state index contributed by atoms with van der Waals surface area (Å²) < 4.78 is 0. The van der Waals surface area contributed by atoms with Gasteiger partial charge in [-0.15, -0.1) is 0 Å². The van der Waals surface area contributed by atoms with Crippen LogP contribution in [-0.2, 0) is 4.79 Å². The van der Waals surface area contributed by atoms with Crippen LogP contribution in [-0.4, -0.2) is 19.0 Å². The topological polar surface area (TPSA) is 41.1 Å². The lowest BCUT2D eigenvalue weighted by Crippen LogP contribution is -2.37. The molecular formula is C16H26N2O. The van der Waals surface area contributed by atoms with Crippen LogP contribution in [0.25, 0.3) is 0 Å². The summed E-state index contributed by atoms with van der Waals surface area (Å²) in [5.74, 6) is 0.588. The van der Waals surface area contributed by atoms with Crippen LogP contribution in [0.4, 0.5) is 5.69 Å². The average molecular weight is 262 g/mol. The van der Waals surface area contributed by atoms with E-state index in [0.29, 0.717) is 12.5 Å². The van der Waals surface area contributed by atoms with Crippen molar-refractivity contribution in [3.05, 3.63) is 29.8 Å². The predicted molar refractivity (Wildman–Crippen MR) is 81.3 cm³/mol. The van der Waals surface area contributed by atoms with E-state index in [-0.39, 0.29) is 11.3 Å². The first-order valence-corrected chi connectivity index (χ1v) is 6.88. The maximum absolute atomic E-state index is 11.8. The van der Waals surface area contributed by atoms with Crippen molar-refractivity contribution in [2.45, 2.75) is 34.6 Å². The SMILES string of the molecule is Cc1cccc(NC(=O)CNCC(C)(C)C(C)C)c1. The summed E-state index contributed by atoms with van der Waals surface area (Å²) in [6.07, 6.45) is 0. The molecule has 0 aliphatic rings. The Balaban J connectivity index is 2.37. The molecule has 0 aromatic heterocycles. The van der Waals surface area contributed by atoms with Gasteiger partial charge in [-0.1, -0.05) is 39.8 Å². The molecule has 1 rings (SSSR count). The molecule has 0 saturated heterocycles. The fourth-order valence-corrected chi connectivity index (χ4v) is 1.63. The molecule has 0 fully saturated rings. The van der Waals surface area contributed by atoms with E-state index in [0.717, 1.165) is 17.8 Å². The minimum atomic E-state index is 0.00477. The minimum absolute atomic E-state index is 0.00477. The van der Waals surface area contributed by atoms with Gasteiger partial charge in [-0.25, -0.2) is 0 Å². The van der Waals surface area contributed by atoms with Gasteiger partial charge in [0.1, 0.15) is 0 Å². The van der Waals surface area contributed by atoms with Gasteiger partial charge in [0.2, 0.25) is 5.91 Å². The van der Waals surface area contributed by atoms with Crippen molar-refractivity contribution >= 4 is 11.6 Å². The Morgan fingerprint density at radius 2 is 2.00 bits per heavy atom. The molecule has 2 N–H and O–H groups in total. The van der Waals surface area contributed by atoms with Gasteiger partial charge in [0.15, 0.2) is 0 Å². The van der Waals surface area contributed by atoms with E-state index < -0.39 is 0 Å². The van der Waals surface area contributed by atoms with E-state index in [1.807, 2.05) is 31.2 Å². The van der Waals surface area contributed by atoms with Gasteiger partial charge >= 0.3 is 0 Å². The Morgan fingerprint density at radius 3 is 2.58 bits per heavy atom. The van der Waals surface area contributed by atoms with Crippen LogP contribution < -0.4 is 10.6 Å². The zero-order chi connectivity index (χ0) is 14.5. The molecule has 0 spiro atoms. The van der Waals surface area contributed by atoms with E-state index in [1.165, 1.54) is 0 Å². The van der Waals surface area contributed by atoms with Crippen molar-refractivity contribution in [2.75, 3.05) is 18.4 Å². The second kappa shape index (κ2) is 6.71. The summed E-state index contributed by atoms with van der Waals surface area (Å²) in [7, 11) is 0. The summed E-state index contributed by atoms with van der Waals surface area (Å²) in [6, 6.07) is 7.83. The highest BCUT2D eigenvalue weighted by Crippen LogP contribution is 2.24. The number of hydrogen-bond acceptors (Lipinski definition) is 2. The highest BCUT2D eigenvalue weighted by molar-refractivity contribution is 5.92. The summed E-state index contributed by atoms with van der Waals surface area (Å²) in [6.45, 7) is 12.0. The highest BCUT2D eigenvalue weighted by atomic mass is 16.1. The number of benzene rings is 1. The van der Waals surface area contributed by atoms with Crippen molar-refractivity contribution in [3.8, 4) is 0 Å². The van der Waals surface area contributed by atoms with Crippen molar-refractivity contribution < 1.29 is 4.79 Å². The Hall–Kier alpha value is -1.35. The van der Waals surface area contributed by atoms with E-state index in [9.17, 15) is 4.79 Å². The predicted octanol–water partition coefficient (Wildman–Crippen LogP) is 3.21. The van der Waals surface area contributed by atoms with Gasteiger partial charge in [0.05, 0.1) is 6.54 Å². The quantitative estimate of drug-likeness (QED) is 0.826. The number of carbonyl (C=O) groups is 1. The molecule has 3 heteroatoms. The summed E-state index contributed by atoms with van der Waals surface area (Å²) in [5, 5.41) is 6.13. The van der Waals surface area contributed by atoms with Crippen molar-refractivity contribution in [2.24, 2.45) is 11.3 Å². The monoisotopic (exact) mass is 262 g/mol. The lowest BCUT2D eigenvalue weighted by atomic mass is 9.81. The molecule has 0 saturated carbocycles. The van der Waals surface area contributed by atoms with E-state index in [2.05, 4.69) is 38.3 Å². The molecule has 0 unspecified atom stereocenters. The number of hydrogen-bond donors (Lipinski definition) is 2. The van der Waals surface area contributed by atoms with Crippen molar-refractivity contribution in [3.63, 3.8) is 0 Å². The fourth-order valence-electron chi connectivity index (χ4n) is 1.63. The Kier molecular flexibility index (Phi) is 5.55. The zero-order valence-corrected chi connectivity index (χ0v) is 12.7. The molecule has 0 heterocycles. The molecule has 0 bridgehead atoms. The molecule has 0 atom stereocenters. The summed E-state index contributed by atoms with van der Waals surface area (Å²) in [4.78, 5) is 11.8. The van der Waals surface area contributed by atoms with Gasteiger partial charge in [-0.2, -0.15) is 0 Å². The van der Waals surface area contributed by atoms with Gasteiger partial charge in [0, 0.05) is 12.2 Å². The van der Waals surface area contributed by atoms with Crippen LogP contribution in [0, 0.1) is 18.3 Å². The molecule has 106 valence electrons. The van der Waals surface area contributed by atoms with Gasteiger partial charge in [0.25, 0.3) is 0 Å². The standard InChI is InChI=1S/C16H26N2O/c1-12(2)16(4,5)11-17-10-15(19)18-14-8-6-7-13(3)9-14/h6-9,12,17H,10-11H2,1-5H3,(H,18,19). The summed E-state index contributed by atoms with van der Waals surface area (Å²) in [5.41, 5.74) is 2.20. The lowest BCUT2D eigenvalue weighted by Gasteiger charge is -2.29. The number of carbonyl (C=O) groups excluding carboxylic acids is 1. The third-order valence-corrected chi connectivity index (χ3v) is 3.73. The lowest BCUT2D eigenvalue weighted by molar-refractivity contribution is -0.115. The first kappa shape index (κ1) is 15.7. The van der Waals surface area contributed by atoms with Gasteiger partial charge in [-0.05, 0) is 36.0 Å². The van der Waals surface area contributed by atoms with Crippen LogP contribution in [0.15, 0.2) is 24.3 Å². The normalized spacial score (nSPS) is 11.7. The number of anilines is 1. The van der Waals surface area contributed by atoms with Crippen LogP contribution in [0.2, 0.25) is 0 Å². The van der Waals surface area contributed by atoms with E-state index in [1.54, 1.807) is 0 Å². The largest absolute Gasteiger partial charge is 0.325 e.